The first kappa shape index (κ1) is 10.4. The van der Waals surface area contributed by atoms with Gasteiger partial charge >= 0.3 is 0 Å². The quantitative estimate of drug-likeness (QED) is 0.656. The van der Waals surface area contributed by atoms with Gasteiger partial charge in [-0.3, -0.25) is 4.57 Å². The molecular formula is C11H4N6S. The molecule has 84 valence electrons. The summed E-state index contributed by atoms with van der Waals surface area (Å²) in [6.07, 6.45) is 2.86. The third-order valence-electron chi connectivity index (χ3n) is 2.43. The number of rotatable bonds is 1. The van der Waals surface area contributed by atoms with Crippen LogP contribution in [0.3, 0.4) is 0 Å². The lowest BCUT2D eigenvalue weighted by atomic mass is 10.3. The molecule has 0 spiro atoms. The minimum Gasteiger partial charge on any atom is -0.272 e. The van der Waals surface area contributed by atoms with Crippen molar-refractivity contribution >= 4 is 21.6 Å². The highest BCUT2D eigenvalue weighted by atomic mass is 32.1. The van der Waals surface area contributed by atoms with Crippen LogP contribution in [-0.4, -0.2) is 19.5 Å². The summed E-state index contributed by atoms with van der Waals surface area (Å²) in [7, 11) is 0. The molecule has 0 aromatic carbocycles. The molecule has 18 heavy (non-hydrogen) atoms. The largest absolute Gasteiger partial charge is 0.272 e. The first-order valence-electron chi connectivity index (χ1n) is 4.91. The van der Waals surface area contributed by atoms with Crippen molar-refractivity contribution in [3.05, 3.63) is 35.5 Å². The first-order valence-corrected chi connectivity index (χ1v) is 5.79. The second-order valence-electron chi connectivity index (χ2n) is 3.37. The van der Waals surface area contributed by atoms with E-state index in [1.54, 1.807) is 0 Å². The van der Waals surface area contributed by atoms with Crippen LogP contribution in [0.15, 0.2) is 24.1 Å². The molecule has 0 saturated carbocycles. The molecule has 0 saturated heterocycles. The summed E-state index contributed by atoms with van der Waals surface area (Å²) in [4.78, 5) is 12.2. The molecule has 6 nitrogen and oxygen atoms in total. The summed E-state index contributed by atoms with van der Waals surface area (Å²) in [6, 6.07) is 5.73. The summed E-state index contributed by atoms with van der Waals surface area (Å²) >= 11 is 1.48. The molecule has 0 atom stereocenters. The van der Waals surface area contributed by atoms with Crippen LogP contribution >= 0.6 is 11.3 Å². The van der Waals surface area contributed by atoms with Crippen LogP contribution < -0.4 is 0 Å². The first-order chi connectivity index (χ1) is 8.85. The summed E-state index contributed by atoms with van der Waals surface area (Å²) in [5.41, 5.74) is 1.09. The molecule has 0 aliphatic heterocycles. The SMILES string of the molecule is N#Cc1ncn(-c2ncnc3ccsc23)c1C#N. The van der Waals surface area contributed by atoms with Crippen LogP contribution in [0.2, 0.25) is 0 Å². The van der Waals surface area contributed by atoms with Crippen molar-refractivity contribution in [2.75, 3.05) is 0 Å². The molecule has 0 aliphatic carbocycles. The molecule has 3 heterocycles. The highest BCUT2D eigenvalue weighted by Gasteiger charge is 2.15. The monoisotopic (exact) mass is 252 g/mol. The highest BCUT2D eigenvalue weighted by molar-refractivity contribution is 7.17. The summed E-state index contributed by atoms with van der Waals surface area (Å²) < 4.78 is 2.37. The maximum Gasteiger partial charge on any atom is 0.177 e. The minimum atomic E-state index is 0.0980. The van der Waals surface area contributed by atoms with E-state index >= 15 is 0 Å². The molecular weight excluding hydrogens is 248 g/mol. The van der Waals surface area contributed by atoms with Crippen molar-refractivity contribution in [1.29, 1.82) is 10.5 Å². The number of imidazole rings is 1. The number of hydrogen-bond donors (Lipinski definition) is 0. The van der Waals surface area contributed by atoms with Crippen LogP contribution in [0.5, 0.6) is 0 Å². The lowest BCUT2D eigenvalue weighted by molar-refractivity contribution is 0.980. The summed E-state index contributed by atoms with van der Waals surface area (Å²) in [6.45, 7) is 0. The van der Waals surface area contributed by atoms with Crippen LogP contribution in [0.1, 0.15) is 11.4 Å². The van der Waals surface area contributed by atoms with E-state index < -0.39 is 0 Å². The highest BCUT2D eigenvalue weighted by Crippen LogP contribution is 2.25. The maximum absolute atomic E-state index is 9.10. The predicted molar refractivity (Wildman–Crippen MR) is 64.0 cm³/mol. The van der Waals surface area contributed by atoms with Gasteiger partial charge in [0.2, 0.25) is 0 Å². The average molecular weight is 252 g/mol. The number of nitriles is 2. The smallest absolute Gasteiger partial charge is 0.177 e. The lowest BCUT2D eigenvalue weighted by Gasteiger charge is -2.02. The molecule has 0 fully saturated rings. The van der Waals surface area contributed by atoms with Gasteiger partial charge in [0.1, 0.15) is 24.8 Å². The zero-order chi connectivity index (χ0) is 12.5. The standard InChI is InChI=1S/C11H4N6S/c12-3-8-9(4-13)17(6-16-8)11-10-7(1-2-18-10)14-5-15-11/h1-2,5-6H. The number of hydrogen-bond acceptors (Lipinski definition) is 6. The van der Waals surface area contributed by atoms with Crippen molar-refractivity contribution < 1.29 is 0 Å². The molecule has 0 aliphatic rings. The van der Waals surface area contributed by atoms with Gasteiger partial charge in [-0.05, 0) is 11.4 Å². The fourth-order valence-corrected chi connectivity index (χ4v) is 2.48. The Kier molecular flexibility index (Phi) is 2.26. The van der Waals surface area contributed by atoms with Crippen LogP contribution in [-0.2, 0) is 0 Å². The Bertz CT molecular complexity index is 816. The minimum absolute atomic E-state index is 0.0980. The van der Waals surface area contributed by atoms with Gasteiger partial charge in [-0.2, -0.15) is 10.5 Å². The molecule has 3 rings (SSSR count). The molecule has 0 bridgehead atoms. The lowest BCUT2D eigenvalue weighted by Crippen LogP contribution is -2.00. The molecule has 7 heteroatoms. The molecule has 3 aromatic heterocycles. The van der Waals surface area contributed by atoms with Gasteiger partial charge in [-0.15, -0.1) is 11.3 Å². The van der Waals surface area contributed by atoms with Gasteiger partial charge in [-0.25, -0.2) is 15.0 Å². The summed E-state index contributed by atoms with van der Waals surface area (Å²) in [5, 5.41) is 19.9. The van der Waals surface area contributed by atoms with E-state index in [2.05, 4.69) is 15.0 Å². The Hall–Kier alpha value is -2.77. The second kappa shape index (κ2) is 3.91. The molecule has 0 unspecified atom stereocenters. The zero-order valence-electron chi connectivity index (χ0n) is 8.90. The Morgan fingerprint density at radius 2 is 2.06 bits per heavy atom. The van der Waals surface area contributed by atoms with Crippen molar-refractivity contribution in [3.63, 3.8) is 0 Å². The molecule has 3 aromatic rings. The fraction of sp³-hybridized carbons (Fsp3) is 0. The second-order valence-corrected chi connectivity index (χ2v) is 4.28. The Labute approximate surface area is 105 Å². The normalized spacial score (nSPS) is 10.1. The molecule has 0 radical (unpaired) electrons. The zero-order valence-corrected chi connectivity index (χ0v) is 9.72. The van der Waals surface area contributed by atoms with Crippen LogP contribution in [0, 0.1) is 22.7 Å². The van der Waals surface area contributed by atoms with Crippen LogP contribution in [0.4, 0.5) is 0 Å². The topological polar surface area (TPSA) is 91.2 Å². The average Bonchev–Trinajstić information content (AvgIpc) is 3.03. The van der Waals surface area contributed by atoms with Crippen molar-refractivity contribution in [2.45, 2.75) is 0 Å². The van der Waals surface area contributed by atoms with Gasteiger partial charge in [0.25, 0.3) is 0 Å². The van der Waals surface area contributed by atoms with E-state index in [0.717, 1.165) is 10.2 Å². The van der Waals surface area contributed by atoms with Gasteiger partial charge in [0.05, 0.1) is 10.2 Å². The van der Waals surface area contributed by atoms with Gasteiger partial charge in [0, 0.05) is 0 Å². The van der Waals surface area contributed by atoms with E-state index in [1.165, 1.54) is 28.6 Å². The van der Waals surface area contributed by atoms with Crippen molar-refractivity contribution in [3.8, 4) is 18.0 Å². The van der Waals surface area contributed by atoms with E-state index in [-0.39, 0.29) is 11.4 Å². The maximum atomic E-state index is 9.10. The van der Waals surface area contributed by atoms with E-state index in [9.17, 15) is 0 Å². The number of aromatic nitrogens is 4. The van der Waals surface area contributed by atoms with Gasteiger partial charge in [-0.1, -0.05) is 0 Å². The Morgan fingerprint density at radius 3 is 2.83 bits per heavy atom. The third-order valence-corrected chi connectivity index (χ3v) is 3.33. The number of nitrogens with zero attached hydrogens (tertiary/aromatic N) is 6. The Balaban J connectivity index is 2.34. The van der Waals surface area contributed by atoms with E-state index in [0.29, 0.717) is 5.82 Å². The molecule has 0 amide bonds. The van der Waals surface area contributed by atoms with E-state index in [4.69, 9.17) is 10.5 Å². The summed E-state index contributed by atoms with van der Waals surface area (Å²) in [5.74, 6) is 0.570. The van der Waals surface area contributed by atoms with Crippen molar-refractivity contribution in [2.24, 2.45) is 0 Å². The van der Waals surface area contributed by atoms with Gasteiger partial charge in [0.15, 0.2) is 17.2 Å². The van der Waals surface area contributed by atoms with E-state index in [1.807, 2.05) is 23.6 Å². The molecule has 0 N–H and O–H groups in total. The van der Waals surface area contributed by atoms with Crippen molar-refractivity contribution in [1.82, 2.24) is 19.5 Å². The number of thiophene rings is 1. The number of fused-ring (bicyclic) bond motifs is 1. The Morgan fingerprint density at radius 1 is 1.17 bits per heavy atom. The van der Waals surface area contributed by atoms with Gasteiger partial charge < -0.3 is 0 Å². The third kappa shape index (κ3) is 1.35. The van der Waals surface area contributed by atoms with Crippen LogP contribution in [0.25, 0.3) is 16.0 Å². The predicted octanol–water partition coefficient (Wildman–Crippen LogP) is 1.62. The fourth-order valence-electron chi connectivity index (χ4n) is 1.65.